The van der Waals surface area contributed by atoms with Gasteiger partial charge in [-0.15, -0.1) is 15.0 Å². The summed E-state index contributed by atoms with van der Waals surface area (Å²) in [6, 6.07) is 7.69. The highest BCUT2D eigenvalue weighted by Crippen LogP contribution is 2.21. The van der Waals surface area contributed by atoms with Gasteiger partial charge in [-0.2, -0.15) is 0 Å². The number of benzene rings is 1. The van der Waals surface area contributed by atoms with E-state index in [-0.39, 0.29) is 6.04 Å². The third kappa shape index (κ3) is 2.03. The predicted molar refractivity (Wildman–Crippen MR) is 64.1 cm³/mol. The number of para-hydroxylation sites is 1. The number of aromatic nitrogens is 4. The monoisotopic (exact) mass is 249 g/mol. The van der Waals surface area contributed by atoms with Gasteiger partial charge in [0.25, 0.3) is 0 Å². The molecule has 3 rings (SSSR count). The molecule has 0 bridgehead atoms. The fraction of sp³-hybridized carbons (Fsp3) is 0.364. The molecule has 1 fully saturated rings. The Kier molecular flexibility index (Phi) is 2.78. The molecule has 1 aliphatic heterocycles. The third-order valence-electron chi connectivity index (χ3n) is 2.87. The summed E-state index contributed by atoms with van der Waals surface area (Å²) in [6.07, 6.45) is 2.22. The zero-order chi connectivity index (χ0) is 11.7. The van der Waals surface area contributed by atoms with Gasteiger partial charge in [-0.1, -0.05) is 23.7 Å². The van der Waals surface area contributed by atoms with Crippen LogP contribution in [0, 0.1) is 0 Å². The Bertz CT molecular complexity index is 518. The fourth-order valence-corrected chi connectivity index (χ4v) is 2.20. The molecule has 1 unspecified atom stereocenters. The normalized spacial score (nSPS) is 19.7. The number of nitrogens with zero attached hydrogens (tertiary/aromatic N) is 4. The molecular weight excluding hydrogens is 238 g/mol. The second kappa shape index (κ2) is 4.43. The molecule has 88 valence electrons. The molecular formula is C11H12ClN5. The summed E-state index contributed by atoms with van der Waals surface area (Å²) < 4.78 is 0. The van der Waals surface area contributed by atoms with Crippen LogP contribution in [-0.2, 0) is 0 Å². The lowest BCUT2D eigenvalue weighted by molar-refractivity contribution is 0.602. The maximum absolute atomic E-state index is 6.08. The average Bonchev–Trinajstić information content (AvgIpc) is 3.00. The van der Waals surface area contributed by atoms with Crippen LogP contribution in [0.4, 0.5) is 0 Å². The summed E-state index contributed by atoms with van der Waals surface area (Å²) in [6.45, 7) is 1.02. The number of halogens is 1. The number of rotatable bonds is 2. The van der Waals surface area contributed by atoms with E-state index in [4.69, 9.17) is 11.6 Å². The van der Waals surface area contributed by atoms with Crippen molar-refractivity contribution in [2.75, 3.05) is 6.54 Å². The molecule has 5 nitrogen and oxygen atoms in total. The average molecular weight is 250 g/mol. The Morgan fingerprint density at radius 2 is 2.24 bits per heavy atom. The van der Waals surface area contributed by atoms with Crippen molar-refractivity contribution in [2.45, 2.75) is 18.9 Å². The van der Waals surface area contributed by atoms with Crippen LogP contribution in [0.1, 0.15) is 24.7 Å². The van der Waals surface area contributed by atoms with E-state index in [2.05, 4.69) is 20.7 Å². The largest absolute Gasteiger partial charge is 0.307 e. The minimum atomic E-state index is 0.228. The molecule has 0 radical (unpaired) electrons. The number of hydrogen-bond donors (Lipinski definition) is 1. The van der Waals surface area contributed by atoms with Crippen LogP contribution in [-0.4, -0.2) is 26.8 Å². The lowest BCUT2D eigenvalue weighted by atomic mass is 10.2. The van der Waals surface area contributed by atoms with Gasteiger partial charge in [0.15, 0.2) is 5.82 Å². The Balaban J connectivity index is 1.92. The summed E-state index contributed by atoms with van der Waals surface area (Å²) in [7, 11) is 0. The van der Waals surface area contributed by atoms with Crippen molar-refractivity contribution in [3.05, 3.63) is 35.1 Å². The van der Waals surface area contributed by atoms with Gasteiger partial charge < -0.3 is 5.32 Å². The molecule has 17 heavy (non-hydrogen) atoms. The van der Waals surface area contributed by atoms with E-state index in [1.54, 1.807) is 0 Å². The Morgan fingerprint density at radius 3 is 3.00 bits per heavy atom. The maximum Gasteiger partial charge on any atom is 0.192 e. The van der Waals surface area contributed by atoms with E-state index in [0.717, 1.165) is 30.9 Å². The fourth-order valence-electron chi connectivity index (χ4n) is 1.99. The van der Waals surface area contributed by atoms with Crippen molar-refractivity contribution >= 4 is 11.6 Å². The molecule has 1 saturated heterocycles. The summed E-state index contributed by atoms with van der Waals surface area (Å²) in [5.41, 5.74) is 0.755. The quantitative estimate of drug-likeness (QED) is 0.881. The standard InChI is InChI=1S/C11H12ClN5/c12-8-4-1-2-6-10(8)17-15-11(14-16-17)9-5-3-7-13-9/h1-2,4,6,9,13H,3,5,7H2. The SMILES string of the molecule is Clc1ccccc1-n1nnc(C2CCCN2)n1. The van der Waals surface area contributed by atoms with Crippen molar-refractivity contribution in [3.63, 3.8) is 0 Å². The van der Waals surface area contributed by atoms with Gasteiger partial charge in [0, 0.05) is 0 Å². The maximum atomic E-state index is 6.08. The molecule has 1 aliphatic rings. The minimum Gasteiger partial charge on any atom is -0.307 e. The van der Waals surface area contributed by atoms with E-state index < -0.39 is 0 Å². The summed E-state index contributed by atoms with van der Waals surface area (Å²) >= 11 is 6.08. The van der Waals surface area contributed by atoms with Crippen LogP contribution >= 0.6 is 11.6 Å². The van der Waals surface area contributed by atoms with Crippen LogP contribution in [0.5, 0.6) is 0 Å². The van der Waals surface area contributed by atoms with E-state index in [9.17, 15) is 0 Å². The van der Waals surface area contributed by atoms with Crippen molar-refractivity contribution in [2.24, 2.45) is 0 Å². The van der Waals surface area contributed by atoms with Gasteiger partial charge in [0.2, 0.25) is 0 Å². The number of nitrogens with one attached hydrogen (secondary N) is 1. The molecule has 1 aromatic carbocycles. The minimum absolute atomic E-state index is 0.228. The van der Waals surface area contributed by atoms with Crippen molar-refractivity contribution in [1.29, 1.82) is 0 Å². The smallest absolute Gasteiger partial charge is 0.192 e. The van der Waals surface area contributed by atoms with Gasteiger partial charge in [0.05, 0.1) is 11.1 Å². The topological polar surface area (TPSA) is 55.6 Å². The lowest BCUT2D eigenvalue weighted by Crippen LogP contribution is -2.14. The Hall–Kier alpha value is -1.46. The van der Waals surface area contributed by atoms with Gasteiger partial charge in [-0.3, -0.25) is 0 Å². The van der Waals surface area contributed by atoms with E-state index in [1.165, 1.54) is 4.80 Å². The van der Waals surface area contributed by atoms with E-state index >= 15 is 0 Å². The second-order valence-electron chi connectivity index (χ2n) is 4.04. The predicted octanol–water partition coefficient (Wildman–Crippen LogP) is 1.74. The summed E-state index contributed by atoms with van der Waals surface area (Å²) in [5, 5.41) is 16.5. The van der Waals surface area contributed by atoms with Crippen molar-refractivity contribution in [1.82, 2.24) is 25.5 Å². The summed E-state index contributed by atoms with van der Waals surface area (Å²) in [5.74, 6) is 0.738. The molecule has 6 heteroatoms. The zero-order valence-corrected chi connectivity index (χ0v) is 9.93. The molecule has 2 heterocycles. The van der Waals surface area contributed by atoms with E-state index in [1.807, 2.05) is 24.3 Å². The molecule has 2 aromatic rings. The highest BCUT2D eigenvalue weighted by molar-refractivity contribution is 6.32. The first kappa shape index (κ1) is 10.7. The summed E-state index contributed by atoms with van der Waals surface area (Å²) in [4.78, 5) is 1.48. The third-order valence-corrected chi connectivity index (χ3v) is 3.19. The molecule has 0 spiro atoms. The molecule has 1 N–H and O–H groups in total. The van der Waals surface area contributed by atoms with E-state index in [0.29, 0.717) is 5.02 Å². The first-order valence-corrected chi connectivity index (χ1v) is 6.00. The highest BCUT2D eigenvalue weighted by atomic mass is 35.5. The first-order chi connectivity index (χ1) is 8.34. The highest BCUT2D eigenvalue weighted by Gasteiger charge is 2.21. The molecule has 0 amide bonds. The van der Waals surface area contributed by atoms with Crippen molar-refractivity contribution < 1.29 is 0 Å². The van der Waals surface area contributed by atoms with Crippen LogP contribution in [0.15, 0.2) is 24.3 Å². The Labute approximate surface area is 104 Å². The van der Waals surface area contributed by atoms with Crippen LogP contribution in [0.2, 0.25) is 5.02 Å². The van der Waals surface area contributed by atoms with Crippen LogP contribution in [0.3, 0.4) is 0 Å². The number of tetrazole rings is 1. The van der Waals surface area contributed by atoms with Crippen molar-refractivity contribution in [3.8, 4) is 5.69 Å². The Morgan fingerprint density at radius 1 is 1.35 bits per heavy atom. The molecule has 1 atom stereocenters. The van der Waals surface area contributed by atoms with Crippen LogP contribution < -0.4 is 5.32 Å². The number of hydrogen-bond acceptors (Lipinski definition) is 4. The molecule has 0 aliphatic carbocycles. The van der Waals surface area contributed by atoms with Gasteiger partial charge >= 0.3 is 0 Å². The molecule has 1 aromatic heterocycles. The van der Waals surface area contributed by atoms with Gasteiger partial charge in [-0.25, -0.2) is 0 Å². The van der Waals surface area contributed by atoms with Gasteiger partial charge in [0.1, 0.15) is 5.69 Å². The first-order valence-electron chi connectivity index (χ1n) is 5.63. The second-order valence-corrected chi connectivity index (χ2v) is 4.44. The molecule has 0 saturated carbocycles. The van der Waals surface area contributed by atoms with Gasteiger partial charge in [-0.05, 0) is 36.7 Å². The zero-order valence-electron chi connectivity index (χ0n) is 9.17. The lowest BCUT2D eigenvalue weighted by Gasteiger charge is -2.03. The van der Waals surface area contributed by atoms with Crippen LogP contribution in [0.25, 0.3) is 5.69 Å².